The zero-order valence-electron chi connectivity index (χ0n) is 33.7. The van der Waals surface area contributed by atoms with Gasteiger partial charge in [-0.15, -0.1) is 0 Å². The molecule has 0 bridgehead atoms. The van der Waals surface area contributed by atoms with Gasteiger partial charge in [0.25, 0.3) is 0 Å². The van der Waals surface area contributed by atoms with Crippen LogP contribution in [-0.2, 0) is 9.47 Å². The van der Waals surface area contributed by atoms with E-state index in [0.717, 1.165) is 29.6 Å². The molecule has 0 radical (unpaired) electrons. The fourth-order valence-corrected chi connectivity index (χ4v) is 7.56. The van der Waals surface area contributed by atoms with Crippen LogP contribution in [-0.4, -0.2) is 75.1 Å². The highest BCUT2D eigenvalue weighted by Gasteiger charge is 2.46. The third-order valence-electron chi connectivity index (χ3n) is 10.4. The summed E-state index contributed by atoms with van der Waals surface area (Å²) in [6.07, 6.45) is 25.5. The molecule has 0 spiro atoms. The lowest BCUT2D eigenvalue weighted by atomic mass is 9.71. The van der Waals surface area contributed by atoms with E-state index >= 15 is 0 Å². The van der Waals surface area contributed by atoms with Crippen LogP contribution in [0.5, 0.6) is 0 Å². The molecular weight excluding hydrogens is 664 g/mol. The van der Waals surface area contributed by atoms with Crippen molar-refractivity contribution < 1.29 is 35.0 Å². The summed E-state index contributed by atoms with van der Waals surface area (Å²) in [6, 6.07) is 0. The number of hydrogen-bond donors (Lipinski definition) is 5. The molecule has 0 aromatic heterocycles. The zero-order valence-corrected chi connectivity index (χ0v) is 33.7. The number of rotatable bonds is 13. The minimum Gasteiger partial charge on any atom is -0.394 e. The van der Waals surface area contributed by atoms with Crippen molar-refractivity contribution in [2.45, 2.75) is 138 Å². The predicted octanol–water partition coefficient (Wildman–Crippen LogP) is 8.37. The minimum absolute atomic E-state index is 0.0167. The van der Waals surface area contributed by atoms with Gasteiger partial charge in [0.15, 0.2) is 6.29 Å². The lowest BCUT2D eigenvalue weighted by molar-refractivity contribution is -0.313. The Hall–Kier alpha value is -3.14. The molecule has 1 heterocycles. The fraction of sp³-hybridized carbons (Fsp3) is 0.522. The molecule has 1 fully saturated rings. The van der Waals surface area contributed by atoms with Gasteiger partial charge in [-0.1, -0.05) is 146 Å². The maximum absolute atomic E-state index is 10.4. The van der Waals surface area contributed by atoms with E-state index < -0.39 is 37.3 Å². The summed E-state index contributed by atoms with van der Waals surface area (Å²) < 4.78 is 11.7. The van der Waals surface area contributed by atoms with Gasteiger partial charge < -0.3 is 35.0 Å². The molecular formula is C46H66O7. The van der Waals surface area contributed by atoms with Crippen molar-refractivity contribution in [3.8, 4) is 0 Å². The highest BCUT2D eigenvalue weighted by atomic mass is 16.7. The first-order valence-corrected chi connectivity index (χ1v) is 19.0. The summed E-state index contributed by atoms with van der Waals surface area (Å²) >= 11 is 0. The van der Waals surface area contributed by atoms with Crippen molar-refractivity contribution in [2.24, 2.45) is 10.8 Å². The monoisotopic (exact) mass is 730 g/mol. The quantitative estimate of drug-likeness (QED) is 0.121. The van der Waals surface area contributed by atoms with E-state index in [-0.39, 0.29) is 23.0 Å². The van der Waals surface area contributed by atoms with Crippen LogP contribution in [0, 0.1) is 10.8 Å². The number of aliphatic hydroxyl groups is 5. The largest absolute Gasteiger partial charge is 0.394 e. The summed E-state index contributed by atoms with van der Waals surface area (Å²) in [7, 11) is 0. The topological polar surface area (TPSA) is 120 Å². The van der Waals surface area contributed by atoms with E-state index in [1.807, 2.05) is 12.2 Å². The Labute approximate surface area is 319 Å². The first-order chi connectivity index (χ1) is 24.8. The Balaban J connectivity index is 1.52. The van der Waals surface area contributed by atoms with Crippen molar-refractivity contribution in [1.29, 1.82) is 0 Å². The standard InChI is InChI=1S/C46H66O7/c1-30(17-13-19-32(3)21-23-38-34(5)25-36(48)27-45(38,7)8)15-11-12-16-31(2)18-14-20-33(4)22-24-39-35(6)26-37(28-46(39,9)10)52-44-43(51)42(50)41(49)40(29-47)53-44/h11-24,36-37,40-44,47-51H,25-29H2,1-10H3/b12-11+,17-13+,18-14+,23-21+,24-22+,30-15+,31-16+,32-19+,33-20+/t36?,37?,40-,41-,42-,43+,44-/m1/s1. The Kier molecular flexibility index (Phi) is 16.7. The average Bonchev–Trinajstić information content (AvgIpc) is 3.05. The fourth-order valence-electron chi connectivity index (χ4n) is 7.56. The second-order valence-electron chi connectivity index (χ2n) is 16.5. The average molecular weight is 731 g/mol. The van der Waals surface area contributed by atoms with Gasteiger partial charge in [-0.2, -0.15) is 0 Å². The molecule has 0 aromatic rings. The second kappa shape index (κ2) is 20.0. The molecule has 3 rings (SSSR count). The SMILES string of the molecule is CC1=C(/C=C/C(C)=C/C=C/C(C)=C/C=C/C=C(C)/C=C/C=C(C)/C=C/C2=C(C)CC(O[C@@H]3O[C@H](CO)[C@@H](O)[C@@H](O)[C@@H]3O)CC2(C)C)C(C)(C)CC(O)C1. The molecule has 3 aliphatic rings. The molecule has 292 valence electrons. The summed E-state index contributed by atoms with van der Waals surface area (Å²) in [4.78, 5) is 0. The van der Waals surface area contributed by atoms with Crippen molar-refractivity contribution in [3.05, 3.63) is 130 Å². The Morgan fingerprint density at radius 2 is 1.09 bits per heavy atom. The molecule has 2 aliphatic carbocycles. The molecule has 7 atom stereocenters. The van der Waals surface area contributed by atoms with Crippen LogP contribution in [0.15, 0.2) is 130 Å². The lowest BCUT2D eigenvalue weighted by Crippen LogP contribution is -2.59. The van der Waals surface area contributed by atoms with Gasteiger partial charge in [0.1, 0.15) is 24.4 Å². The van der Waals surface area contributed by atoms with Gasteiger partial charge in [-0.3, -0.25) is 0 Å². The predicted molar refractivity (Wildman–Crippen MR) is 217 cm³/mol. The first kappa shape index (κ1) is 44.3. The van der Waals surface area contributed by atoms with Gasteiger partial charge >= 0.3 is 0 Å². The maximum Gasteiger partial charge on any atom is 0.186 e. The van der Waals surface area contributed by atoms with Gasteiger partial charge in [0.2, 0.25) is 0 Å². The number of ether oxygens (including phenoxy) is 2. The minimum atomic E-state index is -1.45. The van der Waals surface area contributed by atoms with Crippen LogP contribution >= 0.6 is 0 Å². The van der Waals surface area contributed by atoms with Crippen molar-refractivity contribution in [2.75, 3.05) is 6.61 Å². The molecule has 0 saturated carbocycles. The van der Waals surface area contributed by atoms with Crippen molar-refractivity contribution in [1.82, 2.24) is 0 Å². The van der Waals surface area contributed by atoms with Gasteiger partial charge in [-0.05, 0) is 89.2 Å². The van der Waals surface area contributed by atoms with E-state index in [4.69, 9.17) is 9.47 Å². The molecule has 7 heteroatoms. The van der Waals surface area contributed by atoms with E-state index in [0.29, 0.717) is 12.8 Å². The maximum atomic E-state index is 10.4. The van der Waals surface area contributed by atoms with Crippen LogP contribution in [0.25, 0.3) is 0 Å². The lowest BCUT2D eigenvalue weighted by Gasteiger charge is -2.43. The van der Waals surface area contributed by atoms with E-state index in [1.54, 1.807) is 0 Å². The van der Waals surface area contributed by atoms with E-state index in [2.05, 4.69) is 142 Å². The highest BCUT2D eigenvalue weighted by molar-refractivity contribution is 5.39. The molecule has 0 amide bonds. The molecule has 5 N–H and O–H groups in total. The van der Waals surface area contributed by atoms with E-state index in [9.17, 15) is 25.5 Å². The van der Waals surface area contributed by atoms with E-state index in [1.165, 1.54) is 27.9 Å². The summed E-state index contributed by atoms with van der Waals surface area (Å²) in [5, 5.41) is 50.3. The van der Waals surface area contributed by atoms with Crippen LogP contribution in [0.1, 0.15) is 94.9 Å². The smallest absolute Gasteiger partial charge is 0.186 e. The third kappa shape index (κ3) is 13.3. The van der Waals surface area contributed by atoms with Crippen LogP contribution in [0.2, 0.25) is 0 Å². The van der Waals surface area contributed by atoms with Crippen molar-refractivity contribution in [3.63, 3.8) is 0 Å². The second-order valence-corrected chi connectivity index (χ2v) is 16.5. The van der Waals surface area contributed by atoms with Crippen LogP contribution in [0.4, 0.5) is 0 Å². The molecule has 7 nitrogen and oxygen atoms in total. The molecule has 1 saturated heterocycles. The van der Waals surface area contributed by atoms with Gasteiger partial charge in [0.05, 0.1) is 18.8 Å². The third-order valence-corrected chi connectivity index (χ3v) is 10.4. The van der Waals surface area contributed by atoms with Crippen molar-refractivity contribution >= 4 is 0 Å². The Morgan fingerprint density at radius 1 is 0.642 bits per heavy atom. The summed E-state index contributed by atoms with van der Waals surface area (Å²) in [6.45, 7) is 20.8. The Morgan fingerprint density at radius 3 is 1.57 bits per heavy atom. The normalized spacial score (nSPS) is 31.1. The molecule has 53 heavy (non-hydrogen) atoms. The van der Waals surface area contributed by atoms with Crippen LogP contribution < -0.4 is 0 Å². The van der Waals surface area contributed by atoms with Gasteiger partial charge in [-0.25, -0.2) is 0 Å². The van der Waals surface area contributed by atoms with Crippen LogP contribution in [0.3, 0.4) is 0 Å². The first-order valence-electron chi connectivity index (χ1n) is 19.0. The zero-order chi connectivity index (χ0) is 39.5. The van der Waals surface area contributed by atoms with Gasteiger partial charge in [0, 0.05) is 0 Å². The Bertz CT molecular complexity index is 1600. The highest BCUT2D eigenvalue weighted by Crippen LogP contribution is 2.43. The number of aliphatic hydroxyl groups excluding tert-OH is 5. The molecule has 1 aliphatic heterocycles. The number of allylic oxidation sites excluding steroid dienone is 20. The summed E-state index contributed by atoms with van der Waals surface area (Å²) in [5.74, 6) is 0. The molecule has 0 aromatic carbocycles. The molecule has 2 unspecified atom stereocenters. The number of hydrogen-bond acceptors (Lipinski definition) is 7. The summed E-state index contributed by atoms with van der Waals surface area (Å²) in [5.41, 5.74) is 9.39.